The van der Waals surface area contributed by atoms with Crippen molar-refractivity contribution in [1.82, 2.24) is 15.1 Å². The maximum atomic E-state index is 12.1. The Kier molecular flexibility index (Phi) is 3.04. The monoisotopic (exact) mass is 287 g/mol. The molecule has 2 aliphatic heterocycles. The fraction of sp³-hybridized carbons (Fsp3) is 0.357. The van der Waals surface area contributed by atoms with E-state index in [2.05, 4.69) is 10.3 Å². The fourth-order valence-corrected chi connectivity index (χ4v) is 2.70. The topological polar surface area (TPSA) is 91.0 Å². The third-order valence-corrected chi connectivity index (χ3v) is 3.99. The van der Waals surface area contributed by atoms with Crippen LogP contribution in [0.5, 0.6) is 0 Å². The number of carbonyl (C=O) groups excluding carboxylic acids is 2. The Hall–Kier alpha value is -2.57. The number of fused-ring (bicyclic) bond motifs is 1. The van der Waals surface area contributed by atoms with Gasteiger partial charge in [-0.05, 0) is 18.1 Å². The minimum absolute atomic E-state index is 0.282. The van der Waals surface area contributed by atoms with Gasteiger partial charge in [0.05, 0.1) is 0 Å². The van der Waals surface area contributed by atoms with E-state index >= 15 is 0 Å². The third-order valence-electron chi connectivity index (χ3n) is 3.99. The van der Waals surface area contributed by atoms with Gasteiger partial charge in [0.15, 0.2) is 18.2 Å². The number of rotatable bonds is 2. The summed E-state index contributed by atoms with van der Waals surface area (Å²) < 4.78 is 0. The lowest BCUT2D eigenvalue weighted by Crippen LogP contribution is -2.63. The van der Waals surface area contributed by atoms with Crippen molar-refractivity contribution < 1.29 is 9.59 Å². The minimum atomic E-state index is -0.577. The molecule has 3 N–H and O–H groups in total. The van der Waals surface area contributed by atoms with E-state index in [4.69, 9.17) is 5.73 Å². The third kappa shape index (κ3) is 2.10. The fourth-order valence-electron chi connectivity index (χ4n) is 2.70. The smallest absolute Gasteiger partial charge is 0.325 e. The molecular formula is C14H17N5O2. The number of guanidine groups is 1. The average Bonchev–Trinajstić information content (AvgIpc) is 2.77. The molecule has 3 amide bonds. The Balaban J connectivity index is 1.90. The SMILES string of the molecule is Cc1ccccc1CN1C(N)=NC2C1C(=O)NC(=O)N2C. The highest BCUT2D eigenvalue weighted by atomic mass is 16.2. The highest BCUT2D eigenvalue weighted by molar-refractivity contribution is 6.03. The number of aliphatic imine (C=N–C) groups is 1. The van der Waals surface area contributed by atoms with Crippen molar-refractivity contribution in [1.29, 1.82) is 0 Å². The van der Waals surface area contributed by atoms with Gasteiger partial charge in [0, 0.05) is 13.6 Å². The number of carbonyl (C=O) groups is 2. The number of nitrogens with one attached hydrogen (secondary N) is 1. The van der Waals surface area contributed by atoms with Crippen LogP contribution in [0.15, 0.2) is 29.3 Å². The highest BCUT2D eigenvalue weighted by Gasteiger charge is 2.47. The van der Waals surface area contributed by atoms with Crippen LogP contribution < -0.4 is 11.1 Å². The summed E-state index contributed by atoms with van der Waals surface area (Å²) in [6, 6.07) is 6.88. The normalized spacial score (nSPS) is 24.8. The van der Waals surface area contributed by atoms with Gasteiger partial charge < -0.3 is 15.5 Å². The number of likely N-dealkylation sites (N-methyl/N-ethyl adjacent to an activating group) is 1. The summed E-state index contributed by atoms with van der Waals surface area (Å²) in [7, 11) is 1.60. The zero-order valence-electron chi connectivity index (χ0n) is 11.9. The summed E-state index contributed by atoms with van der Waals surface area (Å²) in [5.74, 6) is -0.0779. The van der Waals surface area contributed by atoms with Gasteiger partial charge in [0.2, 0.25) is 0 Å². The Labute approximate surface area is 122 Å². The summed E-state index contributed by atoms with van der Waals surface area (Å²) in [6.07, 6.45) is -0.560. The van der Waals surface area contributed by atoms with Gasteiger partial charge in [-0.15, -0.1) is 0 Å². The van der Waals surface area contributed by atoms with Crippen molar-refractivity contribution in [2.75, 3.05) is 7.05 Å². The number of urea groups is 1. The van der Waals surface area contributed by atoms with Crippen LogP contribution in [0.1, 0.15) is 11.1 Å². The first kappa shape index (κ1) is 13.4. The molecule has 1 fully saturated rings. The zero-order valence-corrected chi connectivity index (χ0v) is 11.9. The van der Waals surface area contributed by atoms with Gasteiger partial charge in [-0.2, -0.15) is 0 Å². The predicted octanol–water partition coefficient (Wildman–Crippen LogP) is 0.00162. The zero-order chi connectivity index (χ0) is 15.1. The molecular weight excluding hydrogens is 270 g/mol. The van der Waals surface area contributed by atoms with Crippen LogP contribution in [0.25, 0.3) is 0 Å². The Morgan fingerprint density at radius 3 is 2.76 bits per heavy atom. The summed E-state index contributed by atoms with van der Waals surface area (Å²) in [4.78, 5) is 31.2. The molecule has 110 valence electrons. The molecule has 2 heterocycles. The molecule has 0 aromatic heterocycles. The second-order valence-electron chi connectivity index (χ2n) is 5.31. The molecule has 0 saturated carbocycles. The van der Waals surface area contributed by atoms with Crippen LogP contribution in [0, 0.1) is 6.92 Å². The molecule has 7 heteroatoms. The van der Waals surface area contributed by atoms with Crippen LogP contribution in [0.2, 0.25) is 0 Å². The highest BCUT2D eigenvalue weighted by Crippen LogP contribution is 2.25. The molecule has 0 radical (unpaired) electrons. The molecule has 1 aromatic rings. The van der Waals surface area contributed by atoms with Gasteiger partial charge >= 0.3 is 6.03 Å². The van der Waals surface area contributed by atoms with Crippen molar-refractivity contribution in [3.8, 4) is 0 Å². The molecule has 0 bridgehead atoms. The molecule has 2 unspecified atom stereocenters. The second-order valence-corrected chi connectivity index (χ2v) is 5.31. The molecule has 21 heavy (non-hydrogen) atoms. The van der Waals surface area contributed by atoms with Gasteiger partial charge in [0.25, 0.3) is 5.91 Å². The van der Waals surface area contributed by atoms with Crippen LogP contribution >= 0.6 is 0 Å². The lowest BCUT2D eigenvalue weighted by atomic mass is 10.1. The number of hydrogen-bond donors (Lipinski definition) is 2. The van der Waals surface area contributed by atoms with Gasteiger partial charge in [-0.25, -0.2) is 9.79 Å². The average molecular weight is 287 g/mol. The number of imide groups is 1. The second kappa shape index (κ2) is 4.76. The molecule has 7 nitrogen and oxygen atoms in total. The molecule has 3 rings (SSSR count). The maximum Gasteiger partial charge on any atom is 0.325 e. The summed E-state index contributed by atoms with van der Waals surface area (Å²) in [5.41, 5.74) is 8.16. The quantitative estimate of drug-likeness (QED) is 0.801. The van der Waals surface area contributed by atoms with Crippen LogP contribution in [-0.4, -0.2) is 47.0 Å². The Bertz CT molecular complexity index is 642. The van der Waals surface area contributed by atoms with E-state index in [1.165, 1.54) is 4.90 Å². The number of aryl methyl sites for hydroxylation is 1. The lowest BCUT2D eigenvalue weighted by Gasteiger charge is -2.36. The number of nitrogens with two attached hydrogens (primary N) is 1. The first-order valence-corrected chi connectivity index (χ1v) is 6.71. The van der Waals surface area contributed by atoms with Crippen LogP contribution in [0.3, 0.4) is 0 Å². The first-order valence-electron chi connectivity index (χ1n) is 6.71. The van der Waals surface area contributed by atoms with Crippen molar-refractivity contribution in [3.63, 3.8) is 0 Å². The number of benzene rings is 1. The van der Waals surface area contributed by atoms with Crippen LogP contribution in [0.4, 0.5) is 4.79 Å². The van der Waals surface area contributed by atoms with Crippen molar-refractivity contribution in [2.24, 2.45) is 10.7 Å². The minimum Gasteiger partial charge on any atom is -0.370 e. The maximum absolute atomic E-state index is 12.1. The lowest BCUT2D eigenvalue weighted by molar-refractivity contribution is -0.127. The molecule has 1 aromatic carbocycles. The van der Waals surface area contributed by atoms with E-state index in [1.807, 2.05) is 31.2 Å². The van der Waals surface area contributed by atoms with E-state index in [-0.39, 0.29) is 11.9 Å². The molecule has 2 atom stereocenters. The molecule has 0 aliphatic carbocycles. The van der Waals surface area contributed by atoms with Crippen molar-refractivity contribution in [3.05, 3.63) is 35.4 Å². The largest absolute Gasteiger partial charge is 0.370 e. The van der Waals surface area contributed by atoms with Crippen LogP contribution in [-0.2, 0) is 11.3 Å². The predicted molar refractivity (Wildman–Crippen MR) is 77.2 cm³/mol. The van der Waals surface area contributed by atoms with Gasteiger partial charge in [-0.3, -0.25) is 10.1 Å². The standard InChI is InChI=1S/C14H17N5O2/c1-8-5-3-4-6-9(8)7-19-10-11(16-13(19)15)18(2)14(21)17-12(10)20/h3-6,10-11H,7H2,1-2H3,(H2,15,16)(H,17,20,21). The first-order chi connectivity index (χ1) is 9.99. The van der Waals surface area contributed by atoms with Crippen molar-refractivity contribution in [2.45, 2.75) is 25.7 Å². The van der Waals surface area contributed by atoms with E-state index in [1.54, 1.807) is 11.9 Å². The number of amides is 3. The van der Waals surface area contributed by atoms with Gasteiger partial charge in [0.1, 0.15) is 0 Å². The Morgan fingerprint density at radius 2 is 2.05 bits per heavy atom. The summed E-state index contributed by atoms with van der Waals surface area (Å²) in [5, 5.41) is 2.33. The summed E-state index contributed by atoms with van der Waals surface area (Å²) in [6.45, 7) is 2.49. The van der Waals surface area contributed by atoms with E-state index < -0.39 is 18.2 Å². The van der Waals surface area contributed by atoms with E-state index in [9.17, 15) is 9.59 Å². The van der Waals surface area contributed by atoms with Gasteiger partial charge in [-0.1, -0.05) is 24.3 Å². The summed E-state index contributed by atoms with van der Waals surface area (Å²) >= 11 is 0. The van der Waals surface area contributed by atoms with E-state index in [0.29, 0.717) is 6.54 Å². The Morgan fingerprint density at radius 1 is 1.33 bits per heavy atom. The van der Waals surface area contributed by atoms with Crippen molar-refractivity contribution >= 4 is 17.9 Å². The number of nitrogens with zero attached hydrogens (tertiary/aromatic N) is 3. The number of hydrogen-bond acceptors (Lipinski definition) is 5. The molecule has 0 spiro atoms. The molecule has 2 aliphatic rings. The van der Waals surface area contributed by atoms with E-state index in [0.717, 1.165) is 11.1 Å². The molecule has 1 saturated heterocycles.